The van der Waals surface area contributed by atoms with Crippen LogP contribution < -0.4 is 15.2 Å². The van der Waals surface area contributed by atoms with Crippen LogP contribution >= 0.6 is 0 Å². The van der Waals surface area contributed by atoms with Gasteiger partial charge in [-0.1, -0.05) is 13.2 Å². The molecule has 144 valence electrons. The number of nitrogens with zero attached hydrogens (tertiary/aromatic N) is 1. The van der Waals surface area contributed by atoms with Gasteiger partial charge in [-0.05, 0) is 18.2 Å². The Balaban J connectivity index is 2.59. The molecule has 1 aromatic rings. The van der Waals surface area contributed by atoms with Gasteiger partial charge in [0, 0.05) is 0 Å². The van der Waals surface area contributed by atoms with E-state index in [9.17, 15) is 19.2 Å². The minimum absolute atomic E-state index is 0.0280. The fourth-order valence-corrected chi connectivity index (χ4v) is 1.89. The highest BCUT2D eigenvalue weighted by atomic mass is 16.5. The quantitative estimate of drug-likeness (QED) is 0.245. The maximum Gasteiger partial charge on any atom is 0.344 e. The van der Waals surface area contributed by atoms with E-state index in [1.54, 1.807) is 7.05 Å². The lowest BCUT2D eigenvalue weighted by atomic mass is 10.2. The Morgan fingerprint density at radius 2 is 1.33 bits per heavy atom. The highest BCUT2D eigenvalue weighted by Crippen LogP contribution is 2.05. The Labute approximate surface area is 156 Å². The van der Waals surface area contributed by atoms with Crippen molar-refractivity contribution in [3.8, 4) is 0 Å². The number of amides is 2. The predicted molar refractivity (Wildman–Crippen MR) is 94.6 cm³/mol. The molecule has 0 radical (unpaired) electrons. The van der Waals surface area contributed by atoms with E-state index in [2.05, 4.69) is 23.8 Å². The third kappa shape index (κ3) is 7.95. The average molecular weight is 376 g/mol. The Bertz CT molecular complexity index is 686. The third-order valence-corrected chi connectivity index (χ3v) is 3.11. The van der Waals surface area contributed by atoms with Crippen molar-refractivity contribution in [1.29, 1.82) is 0 Å². The van der Waals surface area contributed by atoms with Crippen LogP contribution in [0.1, 0.15) is 20.7 Å². The number of ether oxygens (including phenoxy) is 2. The average Bonchev–Trinajstić information content (AvgIpc) is 2.67. The van der Waals surface area contributed by atoms with Gasteiger partial charge < -0.3 is 20.1 Å². The Kier molecular flexibility index (Phi) is 8.93. The summed E-state index contributed by atoms with van der Waals surface area (Å²) in [6.45, 7) is 6.84. The highest BCUT2D eigenvalue weighted by molar-refractivity contribution is 5.94. The fraction of sp³-hybridized carbons (Fsp3) is 0.278. The first-order valence-corrected chi connectivity index (χ1v) is 8.02. The monoisotopic (exact) mass is 376 g/mol. The minimum Gasteiger partial charge on any atom is -0.460 e. The molecule has 1 heterocycles. The van der Waals surface area contributed by atoms with Crippen molar-refractivity contribution in [3.05, 3.63) is 54.9 Å². The number of aryl methyl sites for hydroxylation is 1. The van der Waals surface area contributed by atoms with Crippen LogP contribution in [0.15, 0.2) is 43.8 Å². The van der Waals surface area contributed by atoms with E-state index in [1.165, 1.54) is 23.0 Å². The van der Waals surface area contributed by atoms with Crippen LogP contribution in [0, 0.1) is 0 Å². The van der Waals surface area contributed by atoms with Crippen LogP contribution in [0.4, 0.5) is 0 Å². The topological polar surface area (TPSA) is 115 Å². The molecule has 0 aliphatic rings. The smallest absolute Gasteiger partial charge is 0.344 e. The molecular formula is C18H22N3O6+. The second-order valence-corrected chi connectivity index (χ2v) is 5.24. The van der Waals surface area contributed by atoms with Gasteiger partial charge in [-0.3, -0.25) is 9.59 Å². The first-order valence-electron chi connectivity index (χ1n) is 8.02. The van der Waals surface area contributed by atoms with Crippen molar-refractivity contribution in [2.45, 2.75) is 0 Å². The number of aromatic nitrogens is 1. The lowest BCUT2D eigenvalue weighted by Gasteiger charge is -2.07. The van der Waals surface area contributed by atoms with E-state index >= 15 is 0 Å². The van der Waals surface area contributed by atoms with Crippen LogP contribution in [0.25, 0.3) is 0 Å². The van der Waals surface area contributed by atoms with Crippen LogP contribution in [-0.4, -0.2) is 50.1 Å². The minimum atomic E-state index is -0.647. The maximum absolute atomic E-state index is 12.1. The Hall–Kier alpha value is -3.49. The molecule has 1 rings (SSSR count). The molecule has 9 nitrogen and oxygen atoms in total. The van der Waals surface area contributed by atoms with E-state index in [0.717, 1.165) is 12.2 Å². The summed E-state index contributed by atoms with van der Waals surface area (Å²) in [5.74, 6) is -2.03. The first-order chi connectivity index (χ1) is 12.9. The fourth-order valence-electron chi connectivity index (χ4n) is 1.89. The number of esters is 2. The largest absolute Gasteiger partial charge is 0.460 e. The van der Waals surface area contributed by atoms with Crippen LogP contribution in [-0.2, 0) is 26.1 Å². The normalized spacial score (nSPS) is 9.67. The van der Waals surface area contributed by atoms with Gasteiger partial charge in [0.2, 0.25) is 11.8 Å². The van der Waals surface area contributed by atoms with Crippen LogP contribution in [0.5, 0.6) is 0 Å². The van der Waals surface area contributed by atoms with Crippen LogP contribution in [0.2, 0.25) is 0 Å². The van der Waals surface area contributed by atoms with E-state index in [0.29, 0.717) is 0 Å². The Morgan fingerprint density at radius 1 is 0.926 bits per heavy atom. The van der Waals surface area contributed by atoms with Crippen molar-refractivity contribution in [3.63, 3.8) is 0 Å². The molecule has 0 aliphatic heterocycles. The molecule has 9 heteroatoms. The molecule has 0 fully saturated rings. The molecule has 0 bridgehead atoms. The summed E-state index contributed by atoms with van der Waals surface area (Å²) in [6.07, 6.45) is 5.21. The van der Waals surface area contributed by atoms with Crippen molar-refractivity contribution in [2.24, 2.45) is 7.05 Å². The summed E-state index contributed by atoms with van der Waals surface area (Å²) in [5.41, 5.74) is 0.309. The molecule has 2 amide bonds. The molecule has 0 atom stereocenters. The lowest BCUT2D eigenvalue weighted by Crippen LogP contribution is -2.32. The predicted octanol–water partition coefficient (Wildman–Crippen LogP) is -0.571. The molecule has 1 aromatic heterocycles. The van der Waals surface area contributed by atoms with Gasteiger partial charge in [0.25, 0.3) is 0 Å². The highest BCUT2D eigenvalue weighted by Gasteiger charge is 2.18. The molecule has 0 saturated heterocycles. The number of hydrogen-bond acceptors (Lipinski definition) is 6. The second-order valence-electron chi connectivity index (χ2n) is 5.24. The van der Waals surface area contributed by atoms with Crippen molar-refractivity contribution < 1.29 is 33.2 Å². The zero-order valence-corrected chi connectivity index (χ0v) is 15.0. The van der Waals surface area contributed by atoms with Gasteiger partial charge in [-0.2, -0.15) is 0 Å². The molecule has 0 saturated carbocycles. The number of rotatable bonds is 10. The molecule has 2 N–H and O–H groups in total. The number of pyridine rings is 1. The summed E-state index contributed by atoms with van der Waals surface area (Å²) >= 11 is 0. The van der Waals surface area contributed by atoms with Gasteiger partial charge in [0.05, 0.1) is 13.1 Å². The molecule has 0 aliphatic carbocycles. The van der Waals surface area contributed by atoms with Crippen molar-refractivity contribution in [2.75, 3.05) is 26.3 Å². The zero-order chi connectivity index (χ0) is 20.2. The van der Waals surface area contributed by atoms with E-state index in [1.807, 2.05) is 0 Å². The van der Waals surface area contributed by atoms with E-state index in [-0.39, 0.29) is 49.2 Å². The number of carbonyl (C=O) groups is 4. The number of hydrogen-bond donors (Lipinski definition) is 2. The van der Waals surface area contributed by atoms with Crippen molar-refractivity contribution in [1.82, 2.24) is 10.6 Å². The molecule has 0 spiro atoms. The SMILES string of the molecule is C=CC(=O)NCCOC(=O)c1cc(C(=O)OCCNC(=O)C=C)c[n+](C)c1. The van der Waals surface area contributed by atoms with Gasteiger partial charge >= 0.3 is 11.9 Å². The molecular weight excluding hydrogens is 354 g/mol. The lowest BCUT2D eigenvalue weighted by molar-refractivity contribution is -0.671. The number of carbonyl (C=O) groups excluding carboxylic acids is 4. The van der Waals surface area contributed by atoms with Gasteiger partial charge in [0.15, 0.2) is 12.4 Å². The third-order valence-electron chi connectivity index (χ3n) is 3.11. The van der Waals surface area contributed by atoms with Crippen molar-refractivity contribution >= 4 is 23.8 Å². The van der Waals surface area contributed by atoms with Gasteiger partial charge in [-0.25, -0.2) is 14.2 Å². The molecule has 0 unspecified atom stereocenters. The summed E-state index contributed by atoms with van der Waals surface area (Å²) in [5, 5.41) is 4.94. The maximum atomic E-state index is 12.1. The molecule has 27 heavy (non-hydrogen) atoms. The summed E-state index contributed by atoms with van der Waals surface area (Å²) < 4.78 is 11.6. The summed E-state index contributed by atoms with van der Waals surface area (Å²) in [7, 11) is 1.64. The molecule has 0 aromatic carbocycles. The first kappa shape index (κ1) is 21.6. The van der Waals surface area contributed by atoms with Gasteiger partial charge in [-0.15, -0.1) is 0 Å². The second kappa shape index (κ2) is 11.2. The van der Waals surface area contributed by atoms with E-state index in [4.69, 9.17) is 9.47 Å². The standard InChI is InChI=1S/C18H21N3O6/c1-4-15(22)19-6-8-26-17(24)13-10-14(12-21(3)11-13)18(25)27-9-7-20-16(23)5-2/h4-5,10-12H,1-2,6-9H2,3H3,(H-,19,20,22,23)/p+1. The van der Waals surface area contributed by atoms with Crippen LogP contribution in [0.3, 0.4) is 0 Å². The Morgan fingerprint density at radius 3 is 1.70 bits per heavy atom. The van der Waals surface area contributed by atoms with Gasteiger partial charge in [0.1, 0.15) is 31.4 Å². The zero-order valence-electron chi connectivity index (χ0n) is 15.0. The summed E-state index contributed by atoms with van der Waals surface area (Å²) in [4.78, 5) is 46.2. The number of nitrogens with one attached hydrogen (secondary N) is 2. The summed E-state index contributed by atoms with van der Waals surface area (Å²) in [6, 6.07) is 1.34. The van der Waals surface area contributed by atoms with E-state index < -0.39 is 11.9 Å².